The van der Waals surface area contributed by atoms with Crippen LogP contribution in [0, 0.1) is 6.92 Å². The lowest BCUT2D eigenvalue weighted by Gasteiger charge is -2.20. The van der Waals surface area contributed by atoms with Crippen LogP contribution in [0.25, 0.3) is 0 Å². The normalized spacial score (nSPS) is 10.0. The Morgan fingerprint density at radius 2 is 2.00 bits per heavy atom. The highest BCUT2D eigenvalue weighted by Crippen LogP contribution is 2.06. The molecule has 104 valence electrons. The fraction of sp³-hybridized carbons (Fsp3) is 0.429. The van der Waals surface area contributed by atoms with Gasteiger partial charge in [-0.3, -0.25) is 4.79 Å². The van der Waals surface area contributed by atoms with E-state index in [4.69, 9.17) is 5.11 Å². The molecule has 0 aliphatic heterocycles. The van der Waals surface area contributed by atoms with E-state index in [1.165, 1.54) is 4.90 Å². The number of carboxylic acid groups (broad SMARTS) is 1. The van der Waals surface area contributed by atoms with Gasteiger partial charge in [-0.2, -0.15) is 0 Å². The molecule has 0 saturated carbocycles. The SMILES string of the molecule is CCCN(CC(=O)O)C(=O)NCc1ccccc1C. The van der Waals surface area contributed by atoms with Crippen molar-refractivity contribution in [3.8, 4) is 0 Å². The maximum atomic E-state index is 11.9. The van der Waals surface area contributed by atoms with Crippen molar-refractivity contribution in [2.24, 2.45) is 0 Å². The Morgan fingerprint density at radius 1 is 1.32 bits per heavy atom. The van der Waals surface area contributed by atoms with E-state index in [0.29, 0.717) is 13.1 Å². The molecule has 0 atom stereocenters. The molecule has 0 saturated heterocycles. The third kappa shape index (κ3) is 4.99. The minimum Gasteiger partial charge on any atom is -0.480 e. The van der Waals surface area contributed by atoms with Crippen LogP contribution in [0.5, 0.6) is 0 Å². The molecule has 1 aromatic rings. The molecule has 0 aliphatic carbocycles. The molecule has 0 heterocycles. The van der Waals surface area contributed by atoms with E-state index in [-0.39, 0.29) is 12.6 Å². The van der Waals surface area contributed by atoms with Crippen LogP contribution in [-0.2, 0) is 11.3 Å². The first-order valence-electron chi connectivity index (χ1n) is 6.33. The van der Waals surface area contributed by atoms with Crippen LogP contribution in [0.3, 0.4) is 0 Å². The number of aryl methyl sites for hydroxylation is 1. The first-order valence-corrected chi connectivity index (χ1v) is 6.33. The van der Waals surface area contributed by atoms with Crippen molar-refractivity contribution < 1.29 is 14.7 Å². The number of hydrogen-bond acceptors (Lipinski definition) is 2. The summed E-state index contributed by atoms with van der Waals surface area (Å²) in [6.07, 6.45) is 0.727. The fourth-order valence-corrected chi connectivity index (χ4v) is 1.78. The number of benzene rings is 1. The summed E-state index contributed by atoms with van der Waals surface area (Å²) in [5, 5.41) is 11.5. The summed E-state index contributed by atoms with van der Waals surface area (Å²) >= 11 is 0. The molecule has 0 aromatic heterocycles. The molecule has 1 aromatic carbocycles. The number of nitrogens with zero attached hydrogens (tertiary/aromatic N) is 1. The van der Waals surface area contributed by atoms with Crippen molar-refractivity contribution in [2.45, 2.75) is 26.8 Å². The second kappa shape index (κ2) is 7.41. The standard InChI is InChI=1S/C14H20N2O3/c1-3-8-16(10-13(17)18)14(19)15-9-12-7-5-4-6-11(12)2/h4-7H,3,8-10H2,1-2H3,(H,15,19)(H,17,18). The van der Waals surface area contributed by atoms with E-state index >= 15 is 0 Å². The second-order valence-corrected chi connectivity index (χ2v) is 4.40. The van der Waals surface area contributed by atoms with Crippen LogP contribution in [0.1, 0.15) is 24.5 Å². The summed E-state index contributed by atoms with van der Waals surface area (Å²) in [6.45, 7) is 4.46. The van der Waals surface area contributed by atoms with E-state index in [1.807, 2.05) is 38.1 Å². The van der Waals surface area contributed by atoms with Crippen LogP contribution in [0.4, 0.5) is 4.79 Å². The summed E-state index contributed by atoms with van der Waals surface area (Å²) in [5.74, 6) is -1.00. The van der Waals surface area contributed by atoms with Gasteiger partial charge in [0, 0.05) is 13.1 Å². The van der Waals surface area contributed by atoms with Crippen molar-refractivity contribution in [1.82, 2.24) is 10.2 Å². The molecule has 0 radical (unpaired) electrons. The Bertz CT molecular complexity index is 446. The number of carboxylic acids is 1. The number of urea groups is 1. The van der Waals surface area contributed by atoms with Gasteiger partial charge in [0.2, 0.25) is 0 Å². The Morgan fingerprint density at radius 3 is 2.58 bits per heavy atom. The van der Waals surface area contributed by atoms with Gasteiger partial charge < -0.3 is 15.3 Å². The topological polar surface area (TPSA) is 69.6 Å². The van der Waals surface area contributed by atoms with Gasteiger partial charge >= 0.3 is 12.0 Å². The molecule has 5 heteroatoms. The minimum absolute atomic E-state index is 0.270. The van der Waals surface area contributed by atoms with E-state index in [0.717, 1.165) is 17.5 Å². The number of amides is 2. The molecule has 0 fully saturated rings. The lowest BCUT2D eigenvalue weighted by molar-refractivity contribution is -0.137. The van der Waals surface area contributed by atoms with Gasteiger partial charge in [-0.1, -0.05) is 31.2 Å². The summed E-state index contributed by atoms with van der Waals surface area (Å²) < 4.78 is 0. The van der Waals surface area contributed by atoms with Crippen LogP contribution in [-0.4, -0.2) is 35.1 Å². The zero-order valence-electron chi connectivity index (χ0n) is 11.3. The number of carbonyl (C=O) groups excluding carboxylic acids is 1. The highest BCUT2D eigenvalue weighted by molar-refractivity contribution is 5.80. The molecule has 1 rings (SSSR count). The van der Waals surface area contributed by atoms with Gasteiger partial charge in [0.25, 0.3) is 0 Å². The Labute approximate surface area is 113 Å². The maximum absolute atomic E-state index is 11.9. The molecule has 0 aliphatic rings. The molecular formula is C14H20N2O3. The van der Waals surface area contributed by atoms with Crippen molar-refractivity contribution >= 4 is 12.0 Å². The average Bonchev–Trinajstić information content (AvgIpc) is 2.36. The predicted molar refractivity (Wildman–Crippen MR) is 72.9 cm³/mol. The monoisotopic (exact) mass is 264 g/mol. The number of rotatable bonds is 6. The Kier molecular flexibility index (Phi) is 5.85. The number of aliphatic carboxylic acids is 1. The third-order valence-corrected chi connectivity index (χ3v) is 2.80. The van der Waals surface area contributed by atoms with Crippen molar-refractivity contribution in [3.05, 3.63) is 35.4 Å². The molecule has 19 heavy (non-hydrogen) atoms. The summed E-state index contributed by atoms with van der Waals surface area (Å²) in [5.41, 5.74) is 2.13. The molecule has 0 spiro atoms. The molecular weight excluding hydrogens is 244 g/mol. The van der Waals surface area contributed by atoms with Gasteiger partial charge in [0.1, 0.15) is 6.54 Å². The highest BCUT2D eigenvalue weighted by Gasteiger charge is 2.15. The van der Waals surface area contributed by atoms with Crippen molar-refractivity contribution in [1.29, 1.82) is 0 Å². The van der Waals surface area contributed by atoms with Crippen LogP contribution >= 0.6 is 0 Å². The minimum atomic E-state index is -1.00. The van der Waals surface area contributed by atoms with Gasteiger partial charge in [0.05, 0.1) is 0 Å². The fourth-order valence-electron chi connectivity index (χ4n) is 1.78. The average molecular weight is 264 g/mol. The lowest BCUT2D eigenvalue weighted by atomic mass is 10.1. The first-order chi connectivity index (χ1) is 9.04. The van der Waals surface area contributed by atoms with Gasteiger partial charge in [-0.25, -0.2) is 4.79 Å². The number of hydrogen-bond donors (Lipinski definition) is 2. The van der Waals surface area contributed by atoms with Gasteiger partial charge in [0.15, 0.2) is 0 Å². The maximum Gasteiger partial charge on any atom is 0.323 e. The summed E-state index contributed by atoms with van der Waals surface area (Å²) in [7, 11) is 0. The smallest absolute Gasteiger partial charge is 0.323 e. The van der Waals surface area contributed by atoms with Crippen LogP contribution < -0.4 is 5.32 Å². The summed E-state index contributed by atoms with van der Waals surface area (Å²) in [6, 6.07) is 7.43. The zero-order chi connectivity index (χ0) is 14.3. The zero-order valence-corrected chi connectivity index (χ0v) is 11.3. The van der Waals surface area contributed by atoms with Crippen LogP contribution in [0.2, 0.25) is 0 Å². The Balaban J connectivity index is 2.57. The first kappa shape index (κ1) is 15.0. The third-order valence-electron chi connectivity index (χ3n) is 2.80. The molecule has 0 bridgehead atoms. The van der Waals surface area contributed by atoms with Crippen molar-refractivity contribution in [3.63, 3.8) is 0 Å². The number of nitrogens with one attached hydrogen (secondary N) is 1. The van der Waals surface area contributed by atoms with E-state index < -0.39 is 5.97 Å². The van der Waals surface area contributed by atoms with E-state index in [2.05, 4.69) is 5.32 Å². The van der Waals surface area contributed by atoms with E-state index in [9.17, 15) is 9.59 Å². The lowest BCUT2D eigenvalue weighted by Crippen LogP contribution is -2.42. The molecule has 5 nitrogen and oxygen atoms in total. The van der Waals surface area contributed by atoms with Gasteiger partial charge in [-0.15, -0.1) is 0 Å². The highest BCUT2D eigenvalue weighted by atomic mass is 16.4. The van der Waals surface area contributed by atoms with Crippen molar-refractivity contribution in [2.75, 3.05) is 13.1 Å². The second-order valence-electron chi connectivity index (χ2n) is 4.40. The molecule has 2 amide bonds. The largest absolute Gasteiger partial charge is 0.480 e. The van der Waals surface area contributed by atoms with Gasteiger partial charge in [-0.05, 0) is 24.5 Å². The van der Waals surface area contributed by atoms with E-state index in [1.54, 1.807) is 0 Å². The molecule has 0 unspecified atom stereocenters. The number of carbonyl (C=O) groups is 2. The molecule has 2 N–H and O–H groups in total. The Hall–Kier alpha value is -2.04. The predicted octanol–water partition coefficient (Wildman–Crippen LogP) is 2.00. The quantitative estimate of drug-likeness (QED) is 0.825. The van der Waals surface area contributed by atoms with Crippen LogP contribution in [0.15, 0.2) is 24.3 Å². The summed E-state index contributed by atoms with van der Waals surface area (Å²) in [4.78, 5) is 23.9.